The zero-order chi connectivity index (χ0) is 51.8. The summed E-state index contributed by atoms with van der Waals surface area (Å²) in [5.41, 5.74) is 17.6. The van der Waals surface area contributed by atoms with Crippen LogP contribution in [0.15, 0.2) is 314 Å². The van der Waals surface area contributed by atoms with Crippen molar-refractivity contribution >= 4 is 94.7 Å². The summed E-state index contributed by atoms with van der Waals surface area (Å²) in [6.45, 7) is 0. The minimum Gasteiger partial charge on any atom is -0.454 e. The molecule has 0 atom stereocenters. The molecule has 0 saturated carbocycles. The fourth-order valence-corrected chi connectivity index (χ4v) is 11.4. The van der Waals surface area contributed by atoms with Crippen molar-refractivity contribution < 1.29 is 4.42 Å². The van der Waals surface area contributed by atoms with Gasteiger partial charge in [-0.05, 0) is 123 Å². The topological polar surface area (TPSA) is 22.9 Å². The summed E-state index contributed by atoms with van der Waals surface area (Å²) in [4.78, 5) is 7.25. The molecule has 1 aromatic heterocycles. The van der Waals surface area contributed by atoms with Crippen molar-refractivity contribution in [1.29, 1.82) is 0 Å². The zero-order valence-electron chi connectivity index (χ0n) is 42.7. The molecule has 0 N–H and O–H groups in total. The minimum absolute atomic E-state index is 0.808. The molecule has 78 heavy (non-hydrogen) atoms. The zero-order valence-corrected chi connectivity index (χ0v) is 42.7. The van der Waals surface area contributed by atoms with Crippen LogP contribution in [0, 0.1) is 0 Å². The summed E-state index contributed by atoms with van der Waals surface area (Å²) >= 11 is 0. The Labute approximate surface area is 454 Å². The largest absolute Gasteiger partial charge is 0.454 e. The van der Waals surface area contributed by atoms with Gasteiger partial charge in [0.25, 0.3) is 0 Å². The van der Waals surface area contributed by atoms with Crippen molar-refractivity contribution in [2.75, 3.05) is 14.7 Å². The number of hydrogen-bond donors (Lipinski definition) is 0. The van der Waals surface area contributed by atoms with E-state index in [4.69, 9.17) is 4.42 Å². The van der Waals surface area contributed by atoms with Gasteiger partial charge >= 0.3 is 0 Å². The SMILES string of the molecule is c1ccc(-c2ccc(N(c3cc(N(c4ccccc4)c4ccc(-c5ccccc5)c5ccccc45)cc(N(c4ccccc4)c4ccc(-c5ccccc5)c5ccccc45)c3)c3cccc4c3oc3ccccc34)cc2)cc1. The van der Waals surface area contributed by atoms with E-state index in [9.17, 15) is 0 Å². The second-order valence-electron chi connectivity index (χ2n) is 19.6. The molecular formula is C74H51N3O. The van der Waals surface area contributed by atoms with Crippen LogP contribution in [0.2, 0.25) is 0 Å². The van der Waals surface area contributed by atoms with E-state index in [0.29, 0.717) is 0 Å². The summed E-state index contributed by atoms with van der Waals surface area (Å²) in [6.07, 6.45) is 0. The molecule has 14 rings (SSSR count). The van der Waals surface area contributed by atoms with Crippen molar-refractivity contribution in [1.82, 2.24) is 0 Å². The Morgan fingerprint density at radius 1 is 0.205 bits per heavy atom. The molecule has 0 bridgehead atoms. The average molecular weight is 998 g/mol. The standard InChI is InChI=1S/C74H51N3O/c1-6-23-52(24-7-1)53-41-43-58(44-42-53)77(72-39-22-38-69-68-37-20-21-40-73(68)78-74(69)72)61-50-59(75(56-29-12-4-13-30-56)70-47-45-62(54-25-8-2-9-26-54)64-33-16-18-35-66(64)70)49-60(51-61)76(57-31-14-5-15-32-57)71-48-46-63(55-27-10-3-11-28-55)65-34-17-19-36-67(65)71/h1-51H. The van der Waals surface area contributed by atoms with E-state index in [1.807, 2.05) is 6.07 Å². The van der Waals surface area contributed by atoms with Gasteiger partial charge in [-0.3, -0.25) is 0 Å². The Balaban J connectivity index is 1.08. The van der Waals surface area contributed by atoms with Gasteiger partial charge in [-0.25, -0.2) is 0 Å². The van der Waals surface area contributed by atoms with E-state index in [-0.39, 0.29) is 0 Å². The number of fused-ring (bicyclic) bond motifs is 5. The van der Waals surface area contributed by atoms with Gasteiger partial charge in [0, 0.05) is 38.6 Å². The van der Waals surface area contributed by atoms with Crippen molar-refractivity contribution in [2.45, 2.75) is 0 Å². The molecule has 0 spiro atoms. The highest BCUT2D eigenvalue weighted by Crippen LogP contribution is 2.51. The highest BCUT2D eigenvalue weighted by atomic mass is 16.3. The Bertz CT molecular complexity index is 4240. The van der Waals surface area contributed by atoms with Crippen LogP contribution in [-0.2, 0) is 0 Å². The fraction of sp³-hybridized carbons (Fsp3) is 0. The van der Waals surface area contributed by atoms with Crippen LogP contribution in [0.3, 0.4) is 0 Å². The number of hydrogen-bond acceptors (Lipinski definition) is 4. The van der Waals surface area contributed by atoms with Crippen LogP contribution in [0.5, 0.6) is 0 Å². The Morgan fingerprint density at radius 2 is 0.564 bits per heavy atom. The average Bonchev–Trinajstić information content (AvgIpc) is 3.96. The lowest BCUT2D eigenvalue weighted by Crippen LogP contribution is -2.17. The minimum atomic E-state index is 0.808. The molecule has 368 valence electrons. The van der Waals surface area contributed by atoms with Gasteiger partial charge in [-0.1, -0.05) is 231 Å². The van der Waals surface area contributed by atoms with E-state index in [2.05, 4.69) is 318 Å². The third-order valence-corrected chi connectivity index (χ3v) is 15.0. The number of anilines is 9. The Morgan fingerprint density at radius 3 is 1.05 bits per heavy atom. The van der Waals surface area contributed by atoms with Gasteiger partial charge in [-0.2, -0.15) is 0 Å². The highest BCUT2D eigenvalue weighted by Gasteiger charge is 2.26. The molecule has 0 fully saturated rings. The summed E-state index contributed by atoms with van der Waals surface area (Å²) < 4.78 is 6.96. The lowest BCUT2D eigenvalue weighted by Gasteiger charge is -2.34. The molecule has 0 aliphatic carbocycles. The summed E-state index contributed by atoms with van der Waals surface area (Å²) in [7, 11) is 0. The number of rotatable bonds is 12. The molecule has 14 aromatic rings. The van der Waals surface area contributed by atoms with Crippen LogP contribution in [0.4, 0.5) is 51.2 Å². The smallest absolute Gasteiger partial charge is 0.159 e. The summed E-state index contributed by atoms with van der Waals surface area (Å²) in [5, 5.41) is 6.75. The van der Waals surface area contributed by atoms with Crippen LogP contribution >= 0.6 is 0 Å². The van der Waals surface area contributed by atoms with Crippen molar-refractivity contribution in [3.8, 4) is 33.4 Å². The molecule has 4 heteroatoms. The normalized spacial score (nSPS) is 11.3. The molecule has 0 aliphatic rings. The first-order valence-electron chi connectivity index (χ1n) is 26.6. The van der Waals surface area contributed by atoms with E-state index >= 15 is 0 Å². The summed E-state index contributed by atoms with van der Waals surface area (Å²) in [6, 6.07) is 111. The van der Waals surface area contributed by atoms with Gasteiger partial charge in [-0.15, -0.1) is 0 Å². The van der Waals surface area contributed by atoms with Crippen LogP contribution in [0.25, 0.3) is 76.9 Å². The first kappa shape index (κ1) is 46.1. The lowest BCUT2D eigenvalue weighted by molar-refractivity contribution is 0.669. The molecule has 0 amide bonds. The van der Waals surface area contributed by atoms with E-state index in [1.165, 1.54) is 33.0 Å². The van der Waals surface area contributed by atoms with Crippen LogP contribution in [-0.4, -0.2) is 0 Å². The Kier molecular flexibility index (Phi) is 11.8. The van der Waals surface area contributed by atoms with Gasteiger partial charge < -0.3 is 19.1 Å². The molecule has 0 saturated heterocycles. The number of benzene rings is 13. The van der Waals surface area contributed by atoms with Crippen molar-refractivity contribution in [3.05, 3.63) is 309 Å². The van der Waals surface area contributed by atoms with Crippen molar-refractivity contribution in [3.63, 3.8) is 0 Å². The molecule has 0 unspecified atom stereocenters. The van der Waals surface area contributed by atoms with Gasteiger partial charge in [0.05, 0.1) is 34.1 Å². The molecule has 0 aliphatic heterocycles. The third-order valence-electron chi connectivity index (χ3n) is 15.0. The molecule has 13 aromatic carbocycles. The van der Waals surface area contributed by atoms with Gasteiger partial charge in [0.2, 0.25) is 0 Å². The van der Waals surface area contributed by atoms with E-state index < -0.39 is 0 Å². The summed E-state index contributed by atoms with van der Waals surface area (Å²) in [5.74, 6) is 0. The first-order valence-corrected chi connectivity index (χ1v) is 26.6. The third kappa shape index (κ3) is 8.39. The predicted octanol–water partition coefficient (Wildman–Crippen LogP) is 21.3. The molecule has 4 nitrogen and oxygen atoms in total. The van der Waals surface area contributed by atoms with E-state index in [1.54, 1.807) is 0 Å². The number of nitrogens with zero attached hydrogens (tertiary/aromatic N) is 3. The molecular weight excluding hydrogens is 947 g/mol. The highest BCUT2D eigenvalue weighted by molar-refractivity contribution is 6.12. The van der Waals surface area contributed by atoms with Gasteiger partial charge in [0.1, 0.15) is 5.58 Å². The Hall–Kier alpha value is -10.4. The maximum absolute atomic E-state index is 6.96. The fourth-order valence-electron chi connectivity index (χ4n) is 11.4. The quantitative estimate of drug-likeness (QED) is 0.122. The number of para-hydroxylation sites is 4. The molecule has 1 heterocycles. The second-order valence-corrected chi connectivity index (χ2v) is 19.6. The van der Waals surface area contributed by atoms with Crippen LogP contribution < -0.4 is 14.7 Å². The first-order chi connectivity index (χ1) is 38.7. The van der Waals surface area contributed by atoms with Crippen LogP contribution in [0.1, 0.15) is 0 Å². The second kappa shape index (κ2) is 20.0. The number of furan rings is 1. The predicted molar refractivity (Wildman–Crippen MR) is 329 cm³/mol. The van der Waals surface area contributed by atoms with Crippen molar-refractivity contribution in [2.24, 2.45) is 0 Å². The van der Waals surface area contributed by atoms with Gasteiger partial charge in [0.15, 0.2) is 5.58 Å². The maximum Gasteiger partial charge on any atom is 0.159 e. The lowest BCUT2D eigenvalue weighted by atomic mass is 9.96. The maximum atomic E-state index is 6.96. The molecule has 0 radical (unpaired) electrons. The van der Waals surface area contributed by atoms with E-state index in [0.717, 1.165) is 95.0 Å². The monoisotopic (exact) mass is 997 g/mol.